The predicted octanol–water partition coefficient (Wildman–Crippen LogP) is -1.52. The molecule has 0 saturated carbocycles. The summed E-state index contributed by atoms with van der Waals surface area (Å²) in [5, 5.41) is 9.96. The van der Waals surface area contributed by atoms with E-state index in [0.717, 1.165) is 10.8 Å². The fraction of sp³-hybridized carbons (Fsp3) is 0.636. The Hall–Kier alpha value is -1.10. The molecule has 0 aliphatic carbocycles. The maximum atomic E-state index is 12.2. The molecule has 1 rings (SSSR count). The molecule has 0 aliphatic heterocycles. The molecular weight excluding hydrogens is 318 g/mol. The third-order valence-corrected chi connectivity index (χ3v) is 5.10. The summed E-state index contributed by atoms with van der Waals surface area (Å²) in [4.78, 5) is 22.9. The second kappa shape index (κ2) is 6.34. The van der Waals surface area contributed by atoms with Crippen LogP contribution < -0.4 is 16.0 Å². The zero-order valence-electron chi connectivity index (χ0n) is 12.3. The molecule has 1 heterocycles. The lowest BCUT2D eigenvalue weighted by atomic mass is 10.1. The smallest absolute Gasteiger partial charge is 0.330 e. The number of nitrogens with zero attached hydrogens (tertiary/aromatic N) is 2. The van der Waals surface area contributed by atoms with E-state index in [2.05, 4.69) is 4.72 Å². The van der Waals surface area contributed by atoms with Crippen molar-refractivity contribution < 1.29 is 13.5 Å². The molecule has 0 amide bonds. The van der Waals surface area contributed by atoms with E-state index in [1.165, 1.54) is 32.8 Å². The molecule has 0 spiro atoms. The van der Waals surface area contributed by atoms with Gasteiger partial charge in [0.25, 0.3) is 5.56 Å². The summed E-state index contributed by atoms with van der Waals surface area (Å²) in [6.07, 6.45) is 2.75. The molecule has 0 radical (unpaired) electrons. The summed E-state index contributed by atoms with van der Waals surface area (Å²) in [5.74, 6) is 0.334. The number of thioether (sulfide) groups is 1. The first-order chi connectivity index (χ1) is 9.52. The van der Waals surface area contributed by atoms with E-state index in [9.17, 15) is 23.1 Å². The molecule has 10 heteroatoms. The van der Waals surface area contributed by atoms with Gasteiger partial charge >= 0.3 is 5.69 Å². The van der Waals surface area contributed by atoms with Crippen LogP contribution in [0.15, 0.2) is 20.7 Å². The standard InChI is InChI=1S/C11H19N3O5S2/c1-11(17,7-20-4)6-12-21(18,19)8-5-13(2)10(16)14(3)9(8)15/h5,12,17H,6-7H2,1-4H3. The van der Waals surface area contributed by atoms with Crippen LogP contribution in [0, 0.1) is 0 Å². The highest BCUT2D eigenvalue weighted by Crippen LogP contribution is 2.10. The molecule has 1 atom stereocenters. The van der Waals surface area contributed by atoms with Crippen molar-refractivity contribution in [2.45, 2.75) is 17.4 Å². The van der Waals surface area contributed by atoms with Crippen molar-refractivity contribution in [3.8, 4) is 0 Å². The first-order valence-electron chi connectivity index (χ1n) is 5.99. The molecule has 0 aromatic carbocycles. The third kappa shape index (κ3) is 4.19. The van der Waals surface area contributed by atoms with E-state index in [0.29, 0.717) is 10.3 Å². The molecule has 0 fully saturated rings. The number of aliphatic hydroxyl groups is 1. The number of hydrogen-bond acceptors (Lipinski definition) is 6. The van der Waals surface area contributed by atoms with E-state index in [-0.39, 0.29) is 6.54 Å². The highest BCUT2D eigenvalue weighted by Gasteiger charge is 2.26. The summed E-state index contributed by atoms with van der Waals surface area (Å²) in [7, 11) is -1.56. The Kier molecular flexibility index (Phi) is 5.42. The van der Waals surface area contributed by atoms with Crippen LogP contribution in [0.5, 0.6) is 0 Å². The van der Waals surface area contributed by atoms with Crippen LogP contribution in [0.2, 0.25) is 0 Å². The van der Waals surface area contributed by atoms with Crippen LogP contribution in [0.1, 0.15) is 6.92 Å². The summed E-state index contributed by atoms with van der Waals surface area (Å²) in [5.41, 5.74) is -2.76. The van der Waals surface area contributed by atoms with Gasteiger partial charge in [0.2, 0.25) is 10.0 Å². The molecule has 0 bridgehead atoms. The van der Waals surface area contributed by atoms with Gasteiger partial charge in [-0.3, -0.25) is 9.36 Å². The first-order valence-corrected chi connectivity index (χ1v) is 8.87. The maximum absolute atomic E-state index is 12.2. The first kappa shape index (κ1) is 18.0. The summed E-state index contributed by atoms with van der Waals surface area (Å²) in [6, 6.07) is 0. The lowest BCUT2D eigenvalue weighted by molar-refractivity contribution is 0.0908. The highest BCUT2D eigenvalue weighted by atomic mass is 32.2. The normalized spacial score (nSPS) is 14.9. The Morgan fingerprint density at radius 1 is 1.38 bits per heavy atom. The van der Waals surface area contributed by atoms with Crippen molar-refractivity contribution in [3.63, 3.8) is 0 Å². The summed E-state index contributed by atoms with van der Waals surface area (Å²) < 4.78 is 28.2. The Morgan fingerprint density at radius 2 is 1.95 bits per heavy atom. The molecule has 1 aromatic heterocycles. The van der Waals surface area contributed by atoms with Crippen LogP contribution in [-0.4, -0.2) is 46.8 Å². The number of aryl methyl sites for hydroxylation is 1. The van der Waals surface area contributed by atoms with Crippen molar-refractivity contribution in [2.75, 3.05) is 18.6 Å². The minimum atomic E-state index is -4.12. The van der Waals surface area contributed by atoms with Gasteiger partial charge in [-0.25, -0.2) is 17.9 Å². The zero-order valence-corrected chi connectivity index (χ0v) is 13.9. The van der Waals surface area contributed by atoms with Crippen molar-refractivity contribution in [1.29, 1.82) is 0 Å². The molecule has 2 N–H and O–H groups in total. The van der Waals surface area contributed by atoms with Crippen LogP contribution in [-0.2, 0) is 24.1 Å². The summed E-state index contributed by atoms with van der Waals surface area (Å²) >= 11 is 1.37. The van der Waals surface area contributed by atoms with Gasteiger partial charge in [0, 0.05) is 32.6 Å². The minimum absolute atomic E-state index is 0.234. The van der Waals surface area contributed by atoms with Gasteiger partial charge in [0.15, 0.2) is 4.90 Å². The molecule has 1 unspecified atom stereocenters. The fourth-order valence-electron chi connectivity index (χ4n) is 1.65. The van der Waals surface area contributed by atoms with Gasteiger partial charge in [-0.05, 0) is 13.2 Å². The highest BCUT2D eigenvalue weighted by molar-refractivity contribution is 7.98. The van der Waals surface area contributed by atoms with E-state index in [1.807, 2.05) is 0 Å². The average Bonchev–Trinajstić information content (AvgIpc) is 2.38. The summed E-state index contributed by atoms with van der Waals surface area (Å²) in [6.45, 7) is 1.26. The zero-order chi connectivity index (χ0) is 16.4. The quantitative estimate of drug-likeness (QED) is 0.652. The second-order valence-electron chi connectivity index (χ2n) is 5.01. The van der Waals surface area contributed by atoms with E-state index in [4.69, 9.17) is 0 Å². The predicted molar refractivity (Wildman–Crippen MR) is 81.1 cm³/mol. The van der Waals surface area contributed by atoms with Crippen LogP contribution in [0.4, 0.5) is 0 Å². The van der Waals surface area contributed by atoms with Crippen molar-refractivity contribution in [2.24, 2.45) is 14.1 Å². The van der Waals surface area contributed by atoms with E-state index < -0.39 is 31.8 Å². The number of hydrogen-bond donors (Lipinski definition) is 2. The number of nitrogens with one attached hydrogen (secondary N) is 1. The molecule has 120 valence electrons. The van der Waals surface area contributed by atoms with E-state index >= 15 is 0 Å². The molecule has 1 aromatic rings. The van der Waals surface area contributed by atoms with Gasteiger partial charge in [0.1, 0.15) is 0 Å². The Bertz CT molecular complexity index is 733. The van der Waals surface area contributed by atoms with Crippen LogP contribution in [0.25, 0.3) is 0 Å². The lowest BCUT2D eigenvalue weighted by Gasteiger charge is -2.22. The monoisotopic (exact) mass is 337 g/mol. The third-order valence-electron chi connectivity index (χ3n) is 2.80. The van der Waals surface area contributed by atoms with Crippen molar-refractivity contribution in [1.82, 2.24) is 13.9 Å². The van der Waals surface area contributed by atoms with Crippen LogP contribution >= 0.6 is 11.8 Å². The number of aromatic nitrogens is 2. The van der Waals surface area contributed by atoms with E-state index in [1.54, 1.807) is 6.26 Å². The maximum Gasteiger partial charge on any atom is 0.330 e. The molecule has 0 aliphatic rings. The van der Waals surface area contributed by atoms with Gasteiger partial charge in [-0.15, -0.1) is 0 Å². The van der Waals surface area contributed by atoms with Gasteiger partial charge in [0.05, 0.1) is 5.60 Å². The van der Waals surface area contributed by atoms with Gasteiger partial charge in [-0.2, -0.15) is 11.8 Å². The van der Waals surface area contributed by atoms with Gasteiger partial charge in [-0.1, -0.05) is 0 Å². The van der Waals surface area contributed by atoms with Gasteiger partial charge < -0.3 is 9.67 Å². The molecule has 21 heavy (non-hydrogen) atoms. The molecular formula is C11H19N3O5S2. The Balaban J connectivity index is 3.16. The van der Waals surface area contributed by atoms with Crippen LogP contribution in [0.3, 0.4) is 0 Å². The average molecular weight is 337 g/mol. The SMILES string of the molecule is CSCC(C)(O)CNS(=O)(=O)c1cn(C)c(=O)n(C)c1=O. The topological polar surface area (TPSA) is 110 Å². The lowest BCUT2D eigenvalue weighted by Crippen LogP contribution is -2.45. The molecule has 0 saturated heterocycles. The van der Waals surface area contributed by atoms with Crippen molar-refractivity contribution in [3.05, 3.63) is 27.0 Å². The van der Waals surface area contributed by atoms with Crippen molar-refractivity contribution >= 4 is 21.8 Å². The minimum Gasteiger partial charge on any atom is -0.388 e. The fourth-order valence-corrected chi connectivity index (χ4v) is 3.69. The number of sulfonamides is 1. The Labute approximate surface area is 126 Å². The molecule has 8 nitrogen and oxygen atoms in total. The Morgan fingerprint density at radius 3 is 2.48 bits per heavy atom. The second-order valence-corrected chi connectivity index (χ2v) is 7.61. The largest absolute Gasteiger partial charge is 0.388 e. The number of rotatable bonds is 6.